The maximum absolute atomic E-state index is 12.0. The highest BCUT2D eigenvalue weighted by molar-refractivity contribution is 5.73. The molecule has 0 aliphatic carbocycles. The molecule has 1 aromatic carbocycles. The molecule has 0 aromatic heterocycles. The number of hydrogen-bond donors (Lipinski definition) is 0. The second-order valence-corrected chi connectivity index (χ2v) is 5.34. The molecule has 0 saturated carbocycles. The lowest BCUT2D eigenvalue weighted by Crippen LogP contribution is -2.28. The van der Waals surface area contributed by atoms with Gasteiger partial charge in [0.2, 0.25) is 0 Å². The van der Waals surface area contributed by atoms with E-state index in [4.69, 9.17) is 9.47 Å². The van der Waals surface area contributed by atoms with E-state index in [0.29, 0.717) is 25.0 Å². The molecular formula is C16H24O3. The van der Waals surface area contributed by atoms with E-state index in [9.17, 15) is 4.79 Å². The normalized spacial score (nSPS) is 11.1. The quantitative estimate of drug-likeness (QED) is 0.558. The third-order valence-corrected chi connectivity index (χ3v) is 3.05. The lowest BCUT2D eigenvalue weighted by molar-refractivity contribution is -0.152. The molecule has 0 atom stereocenters. The van der Waals surface area contributed by atoms with Gasteiger partial charge in [-0.3, -0.25) is 4.79 Å². The van der Waals surface area contributed by atoms with E-state index in [1.165, 1.54) is 0 Å². The largest absolute Gasteiger partial charge is 0.490 e. The molecule has 0 fully saturated rings. The van der Waals surface area contributed by atoms with Gasteiger partial charge in [0.05, 0.1) is 5.92 Å². The Hall–Kier alpha value is -1.51. The summed E-state index contributed by atoms with van der Waals surface area (Å²) in [6.07, 6.45) is 0. The molecule has 0 heterocycles. The number of benzene rings is 1. The van der Waals surface area contributed by atoms with Crippen LogP contribution in [0, 0.1) is 17.8 Å². The van der Waals surface area contributed by atoms with Crippen molar-refractivity contribution in [2.45, 2.75) is 27.7 Å². The summed E-state index contributed by atoms with van der Waals surface area (Å²) in [7, 11) is 0. The van der Waals surface area contributed by atoms with Gasteiger partial charge >= 0.3 is 5.97 Å². The summed E-state index contributed by atoms with van der Waals surface area (Å²) in [6.45, 7) is 8.87. The molecule has 0 spiro atoms. The fourth-order valence-electron chi connectivity index (χ4n) is 2.23. The molecule has 0 saturated heterocycles. The van der Waals surface area contributed by atoms with E-state index in [0.717, 1.165) is 5.75 Å². The number of hydrogen-bond acceptors (Lipinski definition) is 3. The maximum atomic E-state index is 12.0. The van der Waals surface area contributed by atoms with Gasteiger partial charge in [-0.25, -0.2) is 0 Å². The number of carbonyl (C=O) groups is 1. The summed E-state index contributed by atoms with van der Waals surface area (Å²) in [4.78, 5) is 12.0. The van der Waals surface area contributed by atoms with Gasteiger partial charge in [-0.1, -0.05) is 45.9 Å². The summed E-state index contributed by atoms with van der Waals surface area (Å²) < 4.78 is 10.8. The Balaban J connectivity index is 2.30. The SMILES string of the molecule is CC(C)C(C(=O)OCCOc1ccccc1)C(C)C. The van der Waals surface area contributed by atoms with Crippen LogP contribution in [0.2, 0.25) is 0 Å². The van der Waals surface area contributed by atoms with Gasteiger partial charge in [-0.15, -0.1) is 0 Å². The first kappa shape index (κ1) is 15.5. The Kier molecular flexibility index (Phi) is 6.40. The average molecular weight is 264 g/mol. The highest BCUT2D eigenvalue weighted by Gasteiger charge is 2.26. The molecular weight excluding hydrogens is 240 g/mol. The molecule has 0 aliphatic rings. The van der Waals surface area contributed by atoms with Gasteiger partial charge in [-0.05, 0) is 24.0 Å². The number of carbonyl (C=O) groups excluding carboxylic acids is 1. The highest BCUT2D eigenvalue weighted by atomic mass is 16.6. The first-order valence-corrected chi connectivity index (χ1v) is 6.87. The second-order valence-electron chi connectivity index (χ2n) is 5.34. The zero-order valence-electron chi connectivity index (χ0n) is 12.3. The molecule has 1 aromatic rings. The van der Waals surface area contributed by atoms with Crippen molar-refractivity contribution in [2.75, 3.05) is 13.2 Å². The smallest absolute Gasteiger partial charge is 0.309 e. The molecule has 0 N–H and O–H groups in total. The van der Waals surface area contributed by atoms with Crippen LogP contribution in [0.15, 0.2) is 30.3 Å². The molecule has 3 nitrogen and oxygen atoms in total. The molecule has 1 rings (SSSR count). The fourth-order valence-corrected chi connectivity index (χ4v) is 2.23. The van der Waals surface area contributed by atoms with E-state index >= 15 is 0 Å². The zero-order chi connectivity index (χ0) is 14.3. The lowest BCUT2D eigenvalue weighted by Gasteiger charge is -2.22. The third-order valence-electron chi connectivity index (χ3n) is 3.05. The number of para-hydroxylation sites is 1. The summed E-state index contributed by atoms with van der Waals surface area (Å²) in [5.74, 6) is 1.21. The Morgan fingerprint density at radius 3 is 2.11 bits per heavy atom. The monoisotopic (exact) mass is 264 g/mol. The topological polar surface area (TPSA) is 35.5 Å². The van der Waals surface area contributed by atoms with Crippen LogP contribution < -0.4 is 4.74 Å². The van der Waals surface area contributed by atoms with Crippen LogP contribution in [0.1, 0.15) is 27.7 Å². The number of ether oxygens (including phenoxy) is 2. The number of rotatable bonds is 7. The minimum atomic E-state index is -0.123. The molecule has 106 valence electrons. The van der Waals surface area contributed by atoms with Gasteiger partial charge in [0.25, 0.3) is 0 Å². The first-order valence-electron chi connectivity index (χ1n) is 6.87. The Bertz CT molecular complexity index is 363. The van der Waals surface area contributed by atoms with Crippen molar-refractivity contribution in [3.8, 4) is 5.75 Å². The molecule has 19 heavy (non-hydrogen) atoms. The van der Waals surface area contributed by atoms with E-state index < -0.39 is 0 Å². The Morgan fingerprint density at radius 2 is 1.58 bits per heavy atom. The zero-order valence-corrected chi connectivity index (χ0v) is 12.3. The summed E-state index contributed by atoms with van der Waals surface area (Å²) in [5.41, 5.74) is 0. The summed E-state index contributed by atoms with van der Waals surface area (Å²) >= 11 is 0. The minimum absolute atomic E-state index is 0.0447. The van der Waals surface area contributed by atoms with Crippen LogP contribution in [-0.2, 0) is 9.53 Å². The second kappa shape index (κ2) is 7.82. The molecule has 0 aliphatic heterocycles. The fraction of sp³-hybridized carbons (Fsp3) is 0.562. The standard InChI is InChI=1S/C16H24O3/c1-12(2)15(13(3)4)16(17)19-11-10-18-14-8-6-5-7-9-14/h5-9,12-13,15H,10-11H2,1-4H3. The van der Waals surface area contributed by atoms with Crippen molar-refractivity contribution < 1.29 is 14.3 Å². The van der Waals surface area contributed by atoms with Gasteiger partial charge in [0.1, 0.15) is 19.0 Å². The van der Waals surface area contributed by atoms with Gasteiger partial charge in [-0.2, -0.15) is 0 Å². The maximum Gasteiger partial charge on any atom is 0.309 e. The van der Waals surface area contributed by atoms with E-state index in [1.807, 2.05) is 58.0 Å². The van der Waals surface area contributed by atoms with E-state index in [1.54, 1.807) is 0 Å². The average Bonchev–Trinajstić information content (AvgIpc) is 2.35. The van der Waals surface area contributed by atoms with E-state index in [2.05, 4.69) is 0 Å². The van der Waals surface area contributed by atoms with Crippen LogP contribution in [-0.4, -0.2) is 19.2 Å². The molecule has 3 heteroatoms. The Labute approximate surface area is 115 Å². The van der Waals surface area contributed by atoms with Crippen LogP contribution in [0.4, 0.5) is 0 Å². The van der Waals surface area contributed by atoms with Gasteiger partial charge < -0.3 is 9.47 Å². The highest BCUT2D eigenvalue weighted by Crippen LogP contribution is 2.21. The molecule has 0 unspecified atom stereocenters. The molecule has 0 bridgehead atoms. The molecule has 0 amide bonds. The van der Waals surface area contributed by atoms with E-state index in [-0.39, 0.29) is 11.9 Å². The third kappa shape index (κ3) is 5.33. The van der Waals surface area contributed by atoms with Crippen LogP contribution in [0.3, 0.4) is 0 Å². The van der Waals surface area contributed by atoms with Gasteiger partial charge in [0.15, 0.2) is 0 Å². The predicted octanol–water partition coefficient (Wildman–Crippen LogP) is 3.54. The Morgan fingerprint density at radius 1 is 1.00 bits per heavy atom. The van der Waals surface area contributed by atoms with Crippen molar-refractivity contribution in [1.82, 2.24) is 0 Å². The number of esters is 1. The lowest BCUT2D eigenvalue weighted by atomic mass is 9.86. The first-order chi connectivity index (χ1) is 9.02. The van der Waals surface area contributed by atoms with Crippen LogP contribution in [0.25, 0.3) is 0 Å². The summed E-state index contributed by atoms with van der Waals surface area (Å²) in [6, 6.07) is 9.52. The van der Waals surface area contributed by atoms with Crippen LogP contribution >= 0.6 is 0 Å². The van der Waals surface area contributed by atoms with Crippen molar-refractivity contribution in [3.63, 3.8) is 0 Å². The predicted molar refractivity (Wildman–Crippen MR) is 76.1 cm³/mol. The summed E-state index contributed by atoms with van der Waals surface area (Å²) in [5, 5.41) is 0. The minimum Gasteiger partial charge on any atom is -0.490 e. The van der Waals surface area contributed by atoms with Crippen LogP contribution in [0.5, 0.6) is 5.75 Å². The van der Waals surface area contributed by atoms with Crippen molar-refractivity contribution in [1.29, 1.82) is 0 Å². The van der Waals surface area contributed by atoms with Crippen molar-refractivity contribution >= 4 is 5.97 Å². The van der Waals surface area contributed by atoms with Crippen molar-refractivity contribution in [3.05, 3.63) is 30.3 Å². The van der Waals surface area contributed by atoms with Gasteiger partial charge in [0, 0.05) is 0 Å². The van der Waals surface area contributed by atoms with Crippen molar-refractivity contribution in [2.24, 2.45) is 17.8 Å². The molecule has 0 radical (unpaired) electrons.